The minimum atomic E-state index is -0.247. The first-order chi connectivity index (χ1) is 9.03. The molecule has 0 aliphatic heterocycles. The highest BCUT2D eigenvalue weighted by atomic mass is 16.5. The van der Waals surface area contributed by atoms with E-state index < -0.39 is 0 Å². The van der Waals surface area contributed by atoms with Gasteiger partial charge in [-0.25, -0.2) is 0 Å². The first kappa shape index (κ1) is 15.8. The van der Waals surface area contributed by atoms with Gasteiger partial charge in [-0.05, 0) is 18.1 Å². The Kier molecular flexibility index (Phi) is 5.63. The first-order valence-electron chi connectivity index (χ1n) is 6.59. The summed E-state index contributed by atoms with van der Waals surface area (Å²) >= 11 is 0. The van der Waals surface area contributed by atoms with E-state index in [9.17, 15) is 0 Å². The fourth-order valence-electron chi connectivity index (χ4n) is 2.48. The molecule has 2 N–H and O–H groups in total. The average molecular weight is 266 g/mol. The van der Waals surface area contributed by atoms with Crippen molar-refractivity contribution in [2.24, 2.45) is 11.7 Å². The molecule has 108 valence electrons. The van der Waals surface area contributed by atoms with Gasteiger partial charge in [-0.2, -0.15) is 0 Å². The van der Waals surface area contributed by atoms with Crippen molar-refractivity contribution in [2.45, 2.75) is 19.4 Å². The van der Waals surface area contributed by atoms with E-state index in [2.05, 4.69) is 18.7 Å². The molecule has 0 heterocycles. The van der Waals surface area contributed by atoms with E-state index >= 15 is 0 Å². The van der Waals surface area contributed by atoms with Crippen LogP contribution in [0.25, 0.3) is 0 Å². The second kappa shape index (κ2) is 6.78. The van der Waals surface area contributed by atoms with Crippen molar-refractivity contribution >= 4 is 5.69 Å². The molecule has 1 unspecified atom stereocenters. The van der Waals surface area contributed by atoms with Crippen molar-refractivity contribution in [3.63, 3.8) is 0 Å². The average Bonchev–Trinajstić information content (AvgIpc) is 2.43. The van der Waals surface area contributed by atoms with Gasteiger partial charge < -0.3 is 20.1 Å². The Bertz CT molecular complexity index is 395. The van der Waals surface area contributed by atoms with Gasteiger partial charge in [0.25, 0.3) is 0 Å². The maximum Gasteiger partial charge on any atom is 0.142 e. The number of rotatable bonds is 7. The van der Waals surface area contributed by atoms with Crippen LogP contribution in [-0.4, -0.2) is 40.0 Å². The molecule has 0 aliphatic rings. The zero-order valence-electron chi connectivity index (χ0n) is 12.6. The van der Waals surface area contributed by atoms with Gasteiger partial charge in [-0.15, -0.1) is 0 Å². The Labute approximate surface area is 116 Å². The maximum absolute atomic E-state index is 6.06. The largest absolute Gasteiger partial charge is 0.495 e. The summed E-state index contributed by atoms with van der Waals surface area (Å²) in [7, 11) is 5.44. The van der Waals surface area contributed by atoms with E-state index in [1.807, 2.05) is 31.3 Å². The number of para-hydroxylation sites is 2. The lowest BCUT2D eigenvalue weighted by molar-refractivity contribution is 0.106. The van der Waals surface area contributed by atoms with E-state index in [-0.39, 0.29) is 5.54 Å². The molecule has 19 heavy (non-hydrogen) atoms. The van der Waals surface area contributed by atoms with Gasteiger partial charge >= 0.3 is 0 Å². The molecule has 0 aliphatic carbocycles. The summed E-state index contributed by atoms with van der Waals surface area (Å²) in [5, 5.41) is 0. The Morgan fingerprint density at radius 2 is 1.89 bits per heavy atom. The van der Waals surface area contributed by atoms with Gasteiger partial charge in [0.15, 0.2) is 0 Å². The molecule has 0 saturated carbocycles. The van der Waals surface area contributed by atoms with E-state index in [1.165, 1.54) is 0 Å². The molecular formula is C15H26N2O2. The highest BCUT2D eigenvalue weighted by Gasteiger charge is 2.38. The summed E-state index contributed by atoms with van der Waals surface area (Å²) in [6, 6.07) is 7.97. The topological polar surface area (TPSA) is 47.7 Å². The fraction of sp³-hybridized carbons (Fsp3) is 0.600. The monoisotopic (exact) mass is 266 g/mol. The number of nitrogens with two attached hydrogens (primary N) is 1. The molecule has 0 amide bonds. The fourth-order valence-corrected chi connectivity index (χ4v) is 2.48. The number of hydrogen-bond donors (Lipinski definition) is 1. The van der Waals surface area contributed by atoms with Gasteiger partial charge in [0.05, 0.1) is 24.9 Å². The molecule has 1 aromatic rings. The van der Waals surface area contributed by atoms with Gasteiger partial charge in [0.1, 0.15) is 5.75 Å². The van der Waals surface area contributed by atoms with Crippen molar-refractivity contribution in [1.29, 1.82) is 0 Å². The normalized spacial score (nSPS) is 14.3. The van der Waals surface area contributed by atoms with Crippen molar-refractivity contribution in [1.82, 2.24) is 0 Å². The summed E-state index contributed by atoms with van der Waals surface area (Å²) in [5.41, 5.74) is 6.84. The van der Waals surface area contributed by atoms with Gasteiger partial charge in [0.2, 0.25) is 0 Å². The third-order valence-electron chi connectivity index (χ3n) is 3.94. The van der Waals surface area contributed by atoms with Gasteiger partial charge in [0, 0.05) is 20.7 Å². The third kappa shape index (κ3) is 3.01. The van der Waals surface area contributed by atoms with Crippen LogP contribution in [0.1, 0.15) is 13.8 Å². The lowest BCUT2D eigenvalue weighted by Gasteiger charge is -2.45. The summed E-state index contributed by atoms with van der Waals surface area (Å²) in [5.74, 6) is 1.20. The molecule has 1 aromatic carbocycles. The molecule has 4 heteroatoms. The zero-order valence-corrected chi connectivity index (χ0v) is 12.6. The van der Waals surface area contributed by atoms with Crippen LogP contribution in [0.4, 0.5) is 5.69 Å². The summed E-state index contributed by atoms with van der Waals surface area (Å²) in [6.45, 7) is 5.43. The molecule has 4 nitrogen and oxygen atoms in total. The van der Waals surface area contributed by atoms with Gasteiger partial charge in [-0.1, -0.05) is 26.0 Å². The molecule has 0 spiro atoms. The van der Waals surface area contributed by atoms with Crippen LogP contribution in [-0.2, 0) is 4.74 Å². The second-order valence-electron chi connectivity index (χ2n) is 5.13. The predicted octanol–water partition coefficient (Wildman–Crippen LogP) is 2.13. The van der Waals surface area contributed by atoms with Crippen molar-refractivity contribution < 1.29 is 9.47 Å². The molecule has 0 bridgehead atoms. The Hall–Kier alpha value is -1.26. The summed E-state index contributed by atoms with van der Waals surface area (Å²) in [6.07, 6.45) is 0. The van der Waals surface area contributed by atoms with Crippen molar-refractivity contribution in [3.05, 3.63) is 24.3 Å². The first-order valence-corrected chi connectivity index (χ1v) is 6.59. The number of methoxy groups -OCH3 is 2. The van der Waals surface area contributed by atoms with Crippen LogP contribution < -0.4 is 15.4 Å². The zero-order chi connectivity index (χ0) is 14.5. The number of ether oxygens (including phenoxy) is 2. The lowest BCUT2D eigenvalue weighted by atomic mass is 9.85. The standard InChI is InChI=1S/C15H26N2O2/c1-12(2)15(10-16,11-18-4)17(3)13-8-6-7-9-14(13)19-5/h6-9,12H,10-11,16H2,1-5H3. The van der Waals surface area contributed by atoms with E-state index in [4.69, 9.17) is 15.2 Å². The maximum atomic E-state index is 6.06. The quantitative estimate of drug-likeness (QED) is 0.821. The number of nitrogens with zero attached hydrogens (tertiary/aromatic N) is 1. The van der Waals surface area contributed by atoms with Crippen molar-refractivity contribution in [2.75, 3.05) is 39.3 Å². The van der Waals surface area contributed by atoms with Crippen LogP contribution in [0.3, 0.4) is 0 Å². The van der Waals surface area contributed by atoms with Crippen LogP contribution in [0, 0.1) is 5.92 Å². The molecule has 0 aromatic heterocycles. The Morgan fingerprint density at radius 3 is 2.37 bits per heavy atom. The molecule has 0 saturated heterocycles. The number of likely N-dealkylation sites (N-methyl/N-ethyl adjacent to an activating group) is 1. The SMILES string of the molecule is COCC(CN)(C(C)C)N(C)c1ccccc1OC. The number of anilines is 1. The highest BCUT2D eigenvalue weighted by Crippen LogP contribution is 2.34. The number of benzene rings is 1. The van der Waals surface area contributed by atoms with Crippen LogP contribution in [0.2, 0.25) is 0 Å². The smallest absolute Gasteiger partial charge is 0.142 e. The van der Waals surface area contributed by atoms with Gasteiger partial charge in [-0.3, -0.25) is 0 Å². The Balaban J connectivity index is 3.22. The molecule has 1 rings (SSSR count). The third-order valence-corrected chi connectivity index (χ3v) is 3.94. The van der Waals surface area contributed by atoms with E-state index in [0.717, 1.165) is 11.4 Å². The Morgan fingerprint density at radius 1 is 1.26 bits per heavy atom. The summed E-state index contributed by atoms with van der Waals surface area (Å²) < 4.78 is 10.9. The van der Waals surface area contributed by atoms with Crippen LogP contribution >= 0.6 is 0 Å². The van der Waals surface area contributed by atoms with Crippen molar-refractivity contribution in [3.8, 4) is 5.75 Å². The molecule has 1 atom stereocenters. The lowest BCUT2D eigenvalue weighted by Crippen LogP contribution is -2.59. The van der Waals surface area contributed by atoms with Crippen LogP contribution in [0.5, 0.6) is 5.75 Å². The minimum absolute atomic E-state index is 0.247. The van der Waals surface area contributed by atoms with Crippen LogP contribution in [0.15, 0.2) is 24.3 Å². The van der Waals surface area contributed by atoms with E-state index in [1.54, 1.807) is 14.2 Å². The summed E-state index contributed by atoms with van der Waals surface area (Å²) in [4.78, 5) is 2.18. The number of hydrogen-bond acceptors (Lipinski definition) is 4. The predicted molar refractivity (Wildman–Crippen MR) is 79.9 cm³/mol. The molecule has 0 fully saturated rings. The highest BCUT2D eigenvalue weighted by molar-refractivity contribution is 5.60. The molecular weight excluding hydrogens is 240 g/mol. The second-order valence-corrected chi connectivity index (χ2v) is 5.13. The molecule has 0 radical (unpaired) electrons. The van der Waals surface area contributed by atoms with E-state index in [0.29, 0.717) is 19.1 Å². The minimum Gasteiger partial charge on any atom is -0.495 e.